The van der Waals surface area contributed by atoms with E-state index < -0.39 is 0 Å². The predicted molar refractivity (Wildman–Crippen MR) is 102 cm³/mol. The monoisotopic (exact) mass is 362 g/mol. The fourth-order valence-corrected chi connectivity index (χ4v) is 4.90. The summed E-state index contributed by atoms with van der Waals surface area (Å²) in [6.45, 7) is 0.276. The summed E-state index contributed by atoms with van der Waals surface area (Å²) in [6, 6.07) is 14.6. The van der Waals surface area contributed by atoms with Gasteiger partial charge < -0.3 is 14.2 Å². The lowest BCUT2D eigenvalue weighted by molar-refractivity contribution is -0.136. The Labute approximate surface area is 158 Å². The van der Waals surface area contributed by atoms with Crippen molar-refractivity contribution in [1.82, 2.24) is 0 Å². The molecule has 0 unspecified atom stereocenters. The second-order valence-corrected chi connectivity index (χ2v) is 7.56. The Balaban J connectivity index is 1.59. The molecule has 0 N–H and O–H groups in total. The minimum Gasteiger partial charge on any atom is -0.466 e. The van der Waals surface area contributed by atoms with Crippen LogP contribution in [0.4, 0.5) is 0 Å². The first kappa shape index (κ1) is 16.4. The number of benzene rings is 2. The summed E-state index contributed by atoms with van der Waals surface area (Å²) in [5, 5.41) is 0. The lowest BCUT2D eigenvalue weighted by Crippen LogP contribution is -2.21. The van der Waals surface area contributed by atoms with Gasteiger partial charge in [-0.05, 0) is 59.9 Å². The smallest absolute Gasteiger partial charge is 0.333 e. The maximum absolute atomic E-state index is 12.3. The summed E-state index contributed by atoms with van der Waals surface area (Å²) in [7, 11) is 1.47. The number of fused-ring (bicyclic) bond motifs is 3. The topological polar surface area (TPSA) is 44.8 Å². The van der Waals surface area contributed by atoms with E-state index in [9.17, 15) is 4.79 Å². The lowest BCUT2D eigenvalue weighted by Gasteiger charge is -2.29. The van der Waals surface area contributed by atoms with Crippen LogP contribution in [-0.2, 0) is 9.53 Å². The van der Waals surface area contributed by atoms with Gasteiger partial charge in [0.15, 0.2) is 11.5 Å². The minimum absolute atomic E-state index is 0.175. The van der Waals surface area contributed by atoms with E-state index in [0.717, 1.165) is 41.9 Å². The number of carbonyl (C=O) groups is 1. The molecule has 2 aromatic carbocycles. The molecule has 1 saturated carbocycles. The van der Waals surface area contributed by atoms with Crippen LogP contribution in [0.15, 0.2) is 54.1 Å². The van der Waals surface area contributed by atoms with Crippen LogP contribution in [0.5, 0.6) is 11.5 Å². The van der Waals surface area contributed by atoms with Gasteiger partial charge >= 0.3 is 5.97 Å². The fraction of sp³-hybridized carbons (Fsp3) is 0.348. The number of allylic oxidation sites excluding steroid dienone is 1. The van der Waals surface area contributed by atoms with Gasteiger partial charge in [-0.3, -0.25) is 0 Å². The van der Waals surface area contributed by atoms with Crippen molar-refractivity contribution in [1.29, 1.82) is 0 Å². The first-order chi connectivity index (χ1) is 13.2. The molecule has 2 aliphatic carbocycles. The zero-order valence-electron chi connectivity index (χ0n) is 15.3. The summed E-state index contributed by atoms with van der Waals surface area (Å²) < 4.78 is 16.1. The molecule has 0 radical (unpaired) electrons. The summed E-state index contributed by atoms with van der Waals surface area (Å²) >= 11 is 0. The number of hydrogen-bond acceptors (Lipinski definition) is 4. The van der Waals surface area contributed by atoms with Crippen LogP contribution >= 0.6 is 0 Å². The van der Waals surface area contributed by atoms with Crippen molar-refractivity contribution >= 4 is 5.97 Å². The Kier molecular flexibility index (Phi) is 3.92. The molecule has 1 heterocycles. The highest BCUT2D eigenvalue weighted by Crippen LogP contribution is 2.51. The van der Waals surface area contributed by atoms with E-state index in [0.29, 0.717) is 11.8 Å². The second-order valence-electron chi connectivity index (χ2n) is 7.56. The third-order valence-electron chi connectivity index (χ3n) is 6.20. The van der Waals surface area contributed by atoms with E-state index in [1.165, 1.54) is 18.2 Å². The van der Waals surface area contributed by atoms with Gasteiger partial charge in [0.1, 0.15) is 0 Å². The molecule has 2 bridgehead atoms. The molecule has 1 fully saturated rings. The van der Waals surface area contributed by atoms with E-state index in [1.807, 2.05) is 12.1 Å². The molecule has 4 nitrogen and oxygen atoms in total. The Morgan fingerprint density at radius 3 is 2.81 bits per heavy atom. The van der Waals surface area contributed by atoms with Gasteiger partial charge in [-0.2, -0.15) is 0 Å². The summed E-state index contributed by atoms with van der Waals surface area (Å²) in [5.41, 5.74) is 4.43. The van der Waals surface area contributed by atoms with Gasteiger partial charge in [-0.25, -0.2) is 4.79 Å². The average molecular weight is 362 g/mol. The van der Waals surface area contributed by atoms with Crippen molar-refractivity contribution in [3.05, 3.63) is 59.7 Å². The molecule has 0 amide bonds. The van der Waals surface area contributed by atoms with E-state index in [4.69, 9.17) is 14.2 Å². The minimum atomic E-state index is -0.175. The number of rotatable bonds is 3. The molecule has 3 aliphatic rings. The Hall–Kier alpha value is -2.75. The molecular formula is C23H22O4. The molecule has 3 atom stereocenters. The van der Waals surface area contributed by atoms with Crippen LogP contribution in [0, 0.1) is 11.8 Å². The molecule has 27 heavy (non-hydrogen) atoms. The maximum atomic E-state index is 12.3. The highest BCUT2D eigenvalue weighted by atomic mass is 16.7. The van der Waals surface area contributed by atoms with E-state index in [1.54, 1.807) is 0 Å². The van der Waals surface area contributed by atoms with Crippen LogP contribution in [0.2, 0.25) is 0 Å². The molecule has 4 heteroatoms. The molecule has 138 valence electrons. The SMILES string of the molecule is COC(=O)C1=C[C@H](c2ccccc2-c2ccc3c(c2)OCO3)[C@@H]2CC[C@H]1C2. The molecule has 0 saturated heterocycles. The quantitative estimate of drug-likeness (QED) is 0.743. The van der Waals surface area contributed by atoms with Crippen LogP contribution in [0.3, 0.4) is 0 Å². The third kappa shape index (κ3) is 2.71. The Bertz CT molecular complexity index is 930. The van der Waals surface area contributed by atoms with Gasteiger partial charge in [0, 0.05) is 11.5 Å². The van der Waals surface area contributed by atoms with Crippen molar-refractivity contribution < 1.29 is 19.0 Å². The summed E-state index contributed by atoms with van der Waals surface area (Å²) in [5.74, 6) is 2.58. The van der Waals surface area contributed by atoms with Gasteiger partial charge in [-0.15, -0.1) is 0 Å². The third-order valence-corrected chi connectivity index (χ3v) is 6.20. The van der Waals surface area contributed by atoms with Crippen molar-refractivity contribution in [2.24, 2.45) is 11.8 Å². The zero-order chi connectivity index (χ0) is 18.4. The standard InChI is InChI=1S/C23H22O4/c1-25-23(24)20-12-19(14-6-7-15(20)10-14)18-5-3-2-4-17(18)16-8-9-21-22(11-16)27-13-26-21/h2-5,8-9,11-12,14-15,19H,6-7,10,13H2,1H3/t14-,15+,19+/m1/s1. The first-order valence-corrected chi connectivity index (χ1v) is 9.53. The van der Waals surface area contributed by atoms with Crippen LogP contribution in [0.1, 0.15) is 30.7 Å². The van der Waals surface area contributed by atoms with E-state index >= 15 is 0 Å². The normalized spacial score (nSPS) is 25.2. The first-order valence-electron chi connectivity index (χ1n) is 9.53. The van der Waals surface area contributed by atoms with E-state index in [2.05, 4.69) is 36.4 Å². The molecule has 0 aromatic heterocycles. The summed E-state index contributed by atoms with van der Waals surface area (Å²) in [4.78, 5) is 12.3. The number of methoxy groups -OCH3 is 1. The van der Waals surface area contributed by atoms with Crippen LogP contribution in [0.25, 0.3) is 11.1 Å². The zero-order valence-corrected chi connectivity index (χ0v) is 15.3. The molecule has 2 aromatic rings. The summed E-state index contributed by atoms with van der Waals surface area (Å²) in [6.07, 6.45) is 5.47. The molecule has 0 spiro atoms. The molecular weight excluding hydrogens is 340 g/mol. The largest absolute Gasteiger partial charge is 0.466 e. The number of esters is 1. The predicted octanol–water partition coefficient (Wildman–Crippen LogP) is 4.70. The van der Waals surface area contributed by atoms with Crippen molar-refractivity contribution in [3.63, 3.8) is 0 Å². The maximum Gasteiger partial charge on any atom is 0.333 e. The van der Waals surface area contributed by atoms with Crippen molar-refractivity contribution in [2.75, 3.05) is 13.9 Å². The highest BCUT2D eigenvalue weighted by molar-refractivity contribution is 5.89. The highest BCUT2D eigenvalue weighted by Gasteiger charge is 2.40. The Morgan fingerprint density at radius 2 is 1.93 bits per heavy atom. The van der Waals surface area contributed by atoms with Crippen LogP contribution in [-0.4, -0.2) is 19.9 Å². The van der Waals surface area contributed by atoms with Gasteiger partial charge in [-0.1, -0.05) is 36.4 Å². The fourth-order valence-electron chi connectivity index (χ4n) is 4.90. The van der Waals surface area contributed by atoms with Gasteiger partial charge in [0.05, 0.1) is 7.11 Å². The van der Waals surface area contributed by atoms with Crippen molar-refractivity contribution in [3.8, 4) is 22.6 Å². The average Bonchev–Trinajstić information content (AvgIpc) is 3.34. The van der Waals surface area contributed by atoms with E-state index in [-0.39, 0.29) is 18.7 Å². The number of hydrogen-bond donors (Lipinski definition) is 0. The molecule has 5 rings (SSSR count). The van der Waals surface area contributed by atoms with Gasteiger partial charge in [0.2, 0.25) is 6.79 Å². The lowest BCUT2D eigenvalue weighted by atomic mass is 9.75. The molecule has 1 aliphatic heterocycles. The number of carbonyl (C=O) groups excluding carboxylic acids is 1. The van der Waals surface area contributed by atoms with Crippen LogP contribution < -0.4 is 9.47 Å². The van der Waals surface area contributed by atoms with Gasteiger partial charge in [0.25, 0.3) is 0 Å². The number of ether oxygens (including phenoxy) is 3. The van der Waals surface area contributed by atoms with Crippen molar-refractivity contribution in [2.45, 2.75) is 25.2 Å². The second kappa shape index (κ2) is 6.45. The Morgan fingerprint density at radius 1 is 1.07 bits per heavy atom.